The zero-order valence-electron chi connectivity index (χ0n) is 22.2. The number of rotatable bonds is 18. The summed E-state index contributed by atoms with van der Waals surface area (Å²) in [7, 11) is 0. The largest absolute Gasteiger partial charge is 0.490 e. The summed E-state index contributed by atoms with van der Waals surface area (Å²) >= 11 is 0. The molecule has 0 radical (unpaired) electrons. The third-order valence-electron chi connectivity index (χ3n) is 6.81. The Hall–Kier alpha value is -2.38. The van der Waals surface area contributed by atoms with Crippen molar-refractivity contribution in [3.8, 4) is 11.5 Å². The number of unbranched alkanes of at least 4 members (excludes halogenated alkanes) is 6. The van der Waals surface area contributed by atoms with E-state index in [0.717, 1.165) is 90.0 Å². The molecule has 0 aliphatic rings. The molecule has 0 bridgehead atoms. The first kappa shape index (κ1) is 29.2. The normalized spacial score (nSPS) is 13.2. The minimum Gasteiger partial charge on any atom is -0.490 e. The lowest BCUT2D eigenvalue weighted by Crippen LogP contribution is -2.18. The zero-order valence-corrected chi connectivity index (χ0v) is 22.2. The van der Waals surface area contributed by atoms with Gasteiger partial charge in [0.15, 0.2) is 0 Å². The van der Waals surface area contributed by atoms with Crippen molar-refractivity contribution in [2.75, 3.05) is 26.4 Å². The third-order valence-corrected chi connectivity index (χ3v) is 6.81. The molecule has 0 spiro atoms. The van der Waals surface area contributed by atoms with Crippen molar-refractivity contribution in [3.05, 3.63) is 48.0 Å². The van der Waals surface area contributed by atoms with Gasteiger partial charge in [-0.05, 0) is 38.7 Å². The van der Waals surface area contributed by atoms with E-state index >= 15 is 0 Å². The second kappa shape index (κ2) is 15.8. The van der Waals surface area contributed by atoms with Crippen LogP contribution in [0.5, 0.6) is 11.5 Å². The average Bonchev–Trinajstić information content (AvgIpc) is 2.90. The lowest BCUT2D eigenvalue weighted by molar-refractivity contribution is 0.0977. The molecule has 2 unspecified atom stereocenters. The van der Waals surface area contributed by atoms with Gasteiger partial charge in [-0.25, -0.2) is 0 Å². The SMILES string of the molecule is Cc1ccc2c(OCC(O)CCCCCCO)c3ccccc3c(OCC(O)CCCCCCO)c2c1. The Morgan fingerprint density at radius 2 is 1.05 bits per heavy atom. The summed E-state index contributed by atoms with van der Waals surface area (Å²) in [4.78, 5) is 0. The predicted octanol–water partition coefficient (Wildman–Crippen LogP) is 5.67. The summed E-state index contributed by atoms with van der Waals surface area (Å²) in [5.41, 5.74) is 1.10. The average molecular weight is 513 g/mol. The fourth-order valence-corrected chi connectivity index (χ4v) is 4.74. The molecule has 6 heteroatoms. The summed E-state index contributed by atoms with van der Waals surface area (Å²) in [6, 6.07) is 14.1. The molecule has 37 heavy (non-hydrogen) atoms. The van der Waals surface area contributed by atoms with Crippen LogP contribution in [0.3, 0.4) is 0 Å². The Morgan fingerprint density at radius 3 is 1.57 bits per heavy atom. The van der Waals surface area contributed by atoms with Gasteiger partial charge in [-0.1, -0.05) is 80.5 Å². The molecule has 6 nitrogen and oxygen atoms in total. The fourth-order valence-electron chi connectivity index (χ4n) is 4.74. The van der Waals surface area contributed by atoms with Crippen molar-refractivity contribution in [1.29, 1.82) is 0 Å². The first-order chi connectivity index (χ1) is 18.0. The van der Waals surface area contributed by atoms with Gasteiger partial charge in [0.1, 0.15) is 24.7 Å². The monoisotopic (exact) mass is 512 g/mol. The van der Waals surface area contributed by atoms with Gasteiger partial charge in [0, 0.05) is 34.8 Å². The van der Waals surface area contributed by atoms with Crippen molar-refractivity contribution < 1.29 is 29.9 Å². The van der Waals surface area contributed by atoms with E-state index in [1.807, 2.05) is 43.3 Å². The highest BCUT2D eigenvalue weighted by molar-refractivity contribution is 6.11. The van der Waals surface area contributed by atoms with Crippen LogP contribution in [0.25, 0.3) is 21.5 Å². The molecule has 0 fully saturated rings. The number of hydrogen-bond acceptors (Lipinski definition) is 6. The molecule has 3 rings (SSSR count). The topological polar surface area (TPSA) is 99.4 Å². The van der Waals surface area contributed by atoms with Crippen molar-refractivity contribution in [1.82, 2.24) is 0 Å². The van der Waals surface area contributed by atoms with Crippen LogP contribution in [0.15, 0.2) is 42.5 Å². The smallest absolute Gasteiger partial charge is 0.135 e. The van der Waals surface area contributed by atoms with E-state index in [9.17, 15) is 10.2 Å². The highest BCUT2D eigenvalue weighted by atomic mass is 16.5. The van der Waals surface area contributed by atoms with E-state index in [2.05, 4.69) is 6.07 Å². The highest BCUT2D eigenvalue weighted by Crippen LogP contribution is 2.43. The second-order valence-corrected chi connectivity index (χ2v) is 10.0. The molecule has 3 aromatic rings. The van der Waals surface area contributed by atoms with Crippen molar-refractivity contribution >= 4 is 21.5 Å². The standard InChI is InChI=1S/C31H44O6/c1-23-16-17-28-29(20-23)31(37-22-25(35)13-7-3-5-11-19-33)27-15-9-8-14-26(27)30(28)36-21-24(34)12-6-2-4-10-18-32/h8-9,14-17,20,24-25,32-35H,2-7,10-13,18-19,21-22H2,1H3. The molecule has 3 aromatic carbocycles. The molecule has 0 aliphatic carbocycles. The maximum absolute atomic E-state index is 10.5. The van der Waals surface area contributed by atoms with Gasteiger partial charge >= 0.3 is 0 Å². The maximum Gasteiger partial charge on any atom is 0.135 e. The van der Waals surface area contributed by atoms with Gasteiger partial charge in [-0.2, -0.15) is 0 Å². The van der Waals surface area contributed by atoms with Gasteiger partial charge in [0.25, 0.3) is 0 Å². The van der Waals surface area contributed by atoms with E-state index in [1.165, 1.54) is 0 Å². The van der Waals surface area contributed by atoms with E-state index in [1.54, 1.807) is 0 Å². The van der Waals surface area contributed by atoms with Gasteiger partial charge in [0.2, 0.25) is 0 Å². The number of hydrogen-bond donors (Lipinski definition) is 4. The van der Waals surface area contributed by atoms with Crippen LogP contribution in [-0.2, 0) is 0 Å². The molecule has 204 valence electrons. The van der Waals surface area contributed by atoms with Gasteiger partial charge in [-0.3, -0.25) is 0 Å². The van der Waals surface area contributed by atoms with Crippen LogP contribution in [0.1, 0.15) is 69.8 Å². The highest BCUT2D eigenvalue weighted by Gasteiger charge is 2.18. The molecule has 0 saturated carbocycles. The number of fused-ring (bicyclic) bond motifs is 2. The number of aliphatic hydroxyl groups excluding tert-OH is 4. The maximum atomic E-state index is 10.5. The van der Waals surface area contributed by atoms with Crippen LogP contribution in [0.2, 0.25) is 0 Å². The Kier molecular flexibility index (Phi) is 12.4. The molecule has 0 saturated heterocycles. The van der Waals surface area contributed by atoms with Gasteiger partial charge < -0.3 is 29.9 Å². The zero-order chi connectivity index (χ0) is 26.5. The molecular formula is C31H44O6. The van der Waals surface area contributed by atoms with Crippen LogP contribution in [0, 0.1) is 6.92 Å². The van der Waals surface area contributed by atoms with E-state index in [0.29, 0.717) is 12.8 Å². The Bertz CT molecular complexity index is 1080. The van der Waals surface area contributed by atoms with E-state index < -0.39 is 12.2 Å². The van der Waals surface area contributed by atoms with Gasteiger partial charge in [0.05, 0.1) is 12.2 Å². The van der Waals surface area contributed by atoms with Crippen molar-refractivity contribution in [3.63, 3.8) is 0 Å². The lowest BCUT2D eigenvalue weighted by atomic mass is 9.99. The Morgan fingerprint density at radius 1 is 0.595 bits per heavy atom. The number of aryl methyl sites for hydroxylation is 1. The molecule has 0 aromatic heterocycles. The van der Waals surface area contributed by atoms with Crippen LogP contribution in [-0.4, -0.2) is 59.1 Å². The second-order valence-electron chi connectivity index (χ2n) is 10.0. The van der Waals surface area contributed by atoms with Crippen LogP contribution < -0.4 is 9.47 Å². The summed E-state index contributed by atoms with van der Waals surface area (Å²) < 4.78 is 12.5. The molecule has 2 atom stereocenters. The molecule has 4 N–H and O–H groups in total. The predicted molar refractivity (Wildman–Crippen MR) is 150 cm³/mol. The lowest BCUT2D eigenvalue weighted by Gasteiger charge is -2.20. The number of aliphatic hydroxyl groups is 4. The summed E-state index contributed by atoms with van der Waals surface area (Å²) in [5, 5.41) is 42.6. The number of benzene rings is 3. The quantitative estimate of drug-likeness (QED) is 0.130. The fraction of sp³-hybridized carbons (Fsp3) is 0.548. The Balaban J connectivity index is 1.77. The van der Waals surface area contributed by atoms with Crippen LogP contribution >= 0.6 is 0 Å². The van der Waals surface area contributed by atoms with E-state index in [-0.39, 0.29) is 26.4 Å². The molecule has 0 heterocycles. The van der Waals surface area contributed by atoms with Crippen molar-refractivity contribution in [2.24, 2.45) is 0 Å². The van der Waals surface area contributed by atoms with Gasteiger partial charge in [-0.15, -0.1) is 0 Å². The Labute approximate surface area is 220 Å². The minimum absolute atomic E-state index is 0.210. The van der Waals surface area contributed by atoms with Crippen molar-refractivity contribution in [2.45, 2.75) is 83.3 Å². The summed E-state index contributed by atoms with van der Waals surface area (Å²) in [6.07, 6.45) is 7.56. The number of ether oxygens (including phenoxy) is 2. The molecule has 0 aliphatic heterocycles. The minimum atomic E-state index is -0.559. The summed E-state index contributed by atoms with van der Waals surface area (Å²) in [5.74, 6) is 1.48. The molecule has 0 amide bonds. The first-order valence-corrected chi connectivity index (χ1v) is 13.8. The van der Waals surface area contributed by atoms with Crippen LogP contribution in [0.4, 0.5) is 0 Å². The molecular weight excluding hydrogens is 468 g/mol. The first-order valence-electron chi connectivity index (χ1n) is 13.8. The van der Waals surface area contributed by atoms with E-state index in [4.69, 9.17) is 19.7 Å². The summed E-state index contributed by atoms with van der Waals surface area (Å²) in [6.45, 7) is 2.90. The third kappa shape index (κ3) is 8.85.